The van der Waals surface area contributed by atoms with Gasteiger partial charge in [-0.05, 0) is 25.7 Å². The second-order valence-corrected chi connectivity index (χ2v) is 4.96. The van der Waals surface area contributed by atoms with Crippen molar-refractivity contribution in [2.24, 2.45) is 0 Å². The normalized spacial score (nSPS) is 15.5. The largest absolute Gasteiger partial charge is 0.496 e. The van der Waals surface area contributed by atoms with Crippen molar-refractivity contribution in [2.45, 2.75) is 38.2 Å². The fourth-order valence-corrected chi connectivity index (χ4v) is 2.49. The van der Waals surface area contributed by atoms with Crippen molar-refractivity contribution in [1.29, 1.82) is 0 Å². The maximum atomic E-state index is 11.1. The Morgan fingerprint density at radius 3 is 2.48 bits per heavy atom. The summed E-state index contributed by atoms with van der Waals surface area (Å²) in [6.45, 7) is 0. The van der Waals surface area contributed by atoms with Crippen LogP contribution in [0, 0.1) is 10.1 Å². The van der Waals surface area contributed by atoms with Crippen molar-refractivity contribution in [3.8, 4) is 11.5 Å². The third-order valence-electron chi connectivity index (χ3n) is 3.55. The lowest BCUT2D eigenvalue weighted by Crippen LogP contribution is -2.20. The van der Waals surface area contributed by atoms with Crippen molar-refractivity contribution < 1.29 is 24.3 Å². The Labute approximate surface area is 121 Å². The molecule has 1 aromatic rings. The SMILES string of the molecule is COc1cc(OC2CCCCC2)c([N+](=O)[O-])cc1C(=O)O. The van der Waals surface area contributed by atoms with E-state index in [1.165, 1.54) is 13.2 Å². The summed E-state index contributed by atoms with van der Waals surface area (Å²) < 4.78 is 10.7. The Bertz CT molecular complexity index is 551. The van der Waals surface area contributed by atoms with E-state index < -0.39 is 10.9 Å². The number of hydrogen-bond donors (Lipinski definition) is 1. The average molecular weight is 295 g/mol. The van der Waals surface area contributed by atoms with Gasteiger partial charge in [0, 0.05) is 12.1 Å². The molecule has 0 amide bonds. The van der Waals surface area contributed by atoms with Crippen molar-refractivity contribution in [2.75, 3.05) is 7.11 Å². The van der Waals surface area contributed by atoms with Gasteiger partial charge in [0.15, 0.2) is 0 Å². The first kappa shape index (κ1) is 15.1. The van der Waals surface area contributed by atoms with Crippen LogP contribution in [-0.2, 0) is 0 Å². The average Bonchev–Trinajstić information content (AvgIpc) is 2.47. The molecule has 0 heterocycles. The first-order valence-corrected chi connectivity index (χ1v) is 6.79. The molecular weight excluding hydrogens is 278 g/mol. The lowest BCUT2D eigenvalue weighted by atomic mass is 9.98. The highest BCUT2D eigenvalue weighted by Gasteiger charge is 2.26. The number of rotatable bonds is 5. The van der Waals surface area contributed by atoms with Crippen LogP contribution in [0.1, 0.15) is 42.5 Å². The summed E-state index contributed by atoms with van der Waals surface area (Å²) in [7, 11) is 1.32. The molecule has 114 valence electrons. The minimum atomic E-state index is -1.28. The van der Waals surface area contributed by atoms with Gasteiger partial charge >= 0.3 is 11.7 Å². The first-order valence-electron chi connectivity index (χ1n) is 6.79. The van der Waals surface area contributed by atoms with E-state index in [-0.39, 0.29) is 28.9 Å². The number of nitro benzene ring substituents is 1. The zero-order valence-corrected chi connectivity index (χ0v) is 11.7. The second kappa shape index (κ2) is 6.43. The molecule has 0 atom stereocenters. The number of nitro groups is 1. The Balaban J connectivity index is 2.37. The molecule has 0 radical (unpaired) electrons. The number of hydrogen-bond acceptors (Lipinski definition) is 5. The molecule has 0 unspecified atom stereocenters. The van der Waals surface area contributed by atoms with E-state index in [0.29, 0.717) is 0 Å². The number of methoxy groups -OCH3 is 1. The van der Waals surface area contributed by atoms with Gasteiger partial charge < -0.3 is 14.6 Å². The molecule has 7 nitrogen and oxygen atoms in total. The van der Waals surface area contributed by atoms with Gasteiger partial charge in [-0.2, -0.15) is 0 Å². The summed E-state index contributed by atoms with van der Waals surface area (Å²) in [4.78, 5) is 21.6. The van der Waals surface area contributed by atoms with Crippen LogP contribution in [0.5, 0.6) is 11.5 Å². The number of carboxylic acids is 1. The molecule has 7 heteroatoms. The van der Waals surface area contributed by atoms with Gasteiger partial charge in [0.05, 0.1) is 18.1 Å². The molecule has 1 N–H and O–H groups in total. The number of carbonyl (C=O) groups is 1. The Hall–Kier alpha value is -2.31. The van der Waals surface area contributed by atoms with Crippen LogP contribution in [0.15, 0.2) is 12.1 Å². The minimum Gasteiger partial charge on any atom is -0.496 e. The number of aromatic carboxylic acids is 1. The summed E-state index contributed by atoms with van der Waals surface area (Å²) in [6, 6.07) is 2.27. The second-order valence-electron chi connectivity index (χ2n) is 4.96. The van der Waals surface area contributed by atoms with Crippen LogP contribution in [0.3, 0.4) is 0 Å². The Kier molecular flexibility index (Phi) is 4.62. The maximum absolute atomic E-state index is 11.1. The molecule has 0 spiro atoms. The number of carboxylic acid groups (broad SMARTS) is 1. The first-order chi connectivity index (χ1) is 10.0. The predicted molar refractivity (Wildman–Crippen MR) is 74.1 cm³/mol. The summed E-state index contributed by atoms with van der Waals surface area (Å²) in [5, 5.41) is 20.2. The van der Waals surface area contributed by atoms with E-state index in [4.69, 9.17) is 14.6 Å². The standard InChI is InChI=1S/C14H17NO6/c1-20-12-8-13(21-9-5-3-2-4-6-9)11(15(18)19)7-10(12)14(16)17/h7-9H,2-6H2,1H3,(H,16,17). The fraction of sp³-hybridized carbons (Fsp3) is 0.500. The van der Waals surface area contributed by atoms with Crippen molar-refractivity contribution in [3.63, 3.8) is 0 Å². The predicted octanol–water partition coefficient (Wildman–Crippen LogP) is 3.01. The number of ether oxygens (including phenoxy) is 2. The molecule has 0 aliphatic heterocycles. The van der Waals surface area contributed by atoms with E-state index in [1.807, 2.05) is 0 Å². The highest BCUT2D eigenvalue weighted by molar-refractivity contribution is 5.92. The van der Waals surface area contributed by atoms with Gasteiger partial charge in [-0.15, -0.1) is 0 Å². The fourth-order valence-electron chi connectivity index (χ4n) is 2.49. The van der Waals surface area contributed by atoms with E-state index in [0.717, 1.165) is 38.2 Å². The molecule has 21 heavy (non-hydrogen) atoms. The van der Waals surface area contributed by atoms with E-state index >= 15 is 0 Å². The molecule has 1 aliphatic rings. The molecule has 0 bridgehead atoms. The van der Waals surface area contributed by atoms with Crippen LogP contribution >= 0.6 is 0 Å². The molecule has 1 saturated carbocycles. The molecule has 1 fully saturated rings. The summed E-state index contributed by atoms with van der Waals surface area (Å²) in [6.07, 6.45) is 4.83. The molecule has 0 saturated heterocycles. The summed E-state index contributed by atoms with van der Waals surface area (Å²) in [5.74, 6) is -1.16. The highest BCUT2D eigenvalue weighted by atomic mass is 16.6. The lowest BCUT2D eigenvalue weighted by molar-refractivity contribution is -0.386. The van der Waals surface area contributed by atoms with Crippen LogP contribution in [0.4, 0.5) is 5.69 Å². The Morgan fingerprint density at radius 1 is 1.29 bits per heavy atom. The molecule has 2 rings (SSSR count). The highest BCUT2D eigenvalue weighted by Crippen LogP contribution is 2.36. The molecule has 1 aromatic carbocycles. The van der Waals surface area contributed by atoms with Crippen LogP contribution in [0.2, 0.25) is 0 Å². The van der Waals surface area contributed by atoms with Gasteiger partial charge in [-0.3, -0.25) is 10.1 Å². The van der Waals surface area contributed by atoms with E-state index in [9.17, 15) is 14.9 Å². The van der Waals surface area contributed by atoms with Crippen molar-refractivity contribution in [1.82, 2.24) is 0 Å². The summed E-state index contributed by atoms with van der Waals surface area (Å²) >= 11 is 0. The smallest absolute Gasteiger partial charge is 0.339 e. The topological polar surface area (TPSA) is 98.9 Å². The number of nitrogens with zero attached hydrogens (tertiary/aromatic N) is 1. The summed E-state index contributed by atoms with van der Waals surface area (Å²) in [5.41, 5.74) is -0.598. The Morgan fingerprint density at radius 2 is 1.95 bits per heavy atom. The molecular formula is C14H17NO6. The quantitative estimate of drug-likeness (QED) is 0.662. The third-order valence-corrected chi connectivity index (χ3v) is 3.55. The van der Waals surface area contributed by atoms with Gasteiger partial charge in [0.25, 0.3) is 0 Å². The third kappa shape index (κ3) is 3.42. The monoisotopic (exact) mass is 295 g/mol. The maximum Gasteiger partial charge on any atom is 0.339 e. The van der Waals surface area contributed by atoms with Gasteiger partial charge in [-0.1, -0.05) is 6.42 Å². The van der Waals surface area contributed by atoms with Gasteiger partial charge in [-0.25, -0.2) is 4.79 Å². The zero-order chi connectivity index (χ0) is 15.4. The van der Waals surface area contributed by atoms with Crippen molar-refractivity contribution in [3.05, 3.63) is 27.8 Å². The minimum absolute atomic E-state index is 0.0545. The van der Waals surface area contributed by atoms with Crippen LogP contribution < -0.4 is 9.47 Å². The van der Waals surface area contributed by atoms with E-state index in [1.54, 1.807) is 0 Å². The van der Waals surface area contributed by atoms with Crippen LogP contribution in [0.25, 0.3) is 0 Å². The molecule has 1 aliphatic carbocycles. The van der Waals surface area contributed by atoms with Crippen molar-refractivity contribution >= 4 is 11.7 Å². The lowest BCUT2D eigenvalue weighted by Gasteiger charge is -2.23. The molecule has 0 aromatic heterocycles. The zero-order valence-electron chi connectivity index (χ0n) is 11.7. The van der Waals surface area contributed by atoms with Crippen LogP contribution in [-0.4, -0.2) is 29.2 Å². The van der Waals surface area contributed by atoms with Gasteiger partial charge in [0.1, 0.15) is 11.3 Å². The number of benzene rings is 1. The van der Waals surface area contributed by atoms with Gasteiger partial charge in [0.2, 0.25) is 5.75 Å². The van der Waals surface area contributed by atoms with E-state index in [2.05, 4.69) is 0 Å².